The summed E-state index contributed by atoms with van der Waals surface area (Å²) in [4.78, 5) is 0. The van der Waals surface area contributed by atoms with Gasteiger partial charge in [0.1, 0.15) is 12.2 Å². The third kappa shape index (κ3) is 0.438. The molecule has 0 aromatic carbocycles. The average Bonchev–Trinajstić information content (AvgIpc) is 2.39. The number of epoxide rings is 1. The van der Waals surface area contributed by atoms with E-state index in [9.17, 15) is 0 Å². The van der Waals surface area contributed by atoms with E-state index >= 15 is 0 Å². The Labute approximate surface area is 46.9 Å². The van der Waals surface area contributed by atoms with Crippen LogP contribution < -0.4 is 0 Å². The van der Waals surface area contributed by atoms with Crippen molar-refractivity contribution in [2.24, 2.45) is 0 Å². The normalized spacial score (nSPS) is 60.8. The van der Waals surface area contributed by atoms with Crippen LogP contribution in [0.3, 0.4) is 0 Å². The third-order valence-electron chi connectivity index (χ3n) is 1.83. The van der Waals surface area contributed by atoms with Gasteiger partial charge in [-0.1, -0.05) is 0 Å². The predicted molar refractivity (Wildman–Crippen MR) is 25.3 cm³/mol. The van der Waals surface area contributed by atoms with Gasteiger partial charge in [-0.05, 0) is 0 Å². The van der Waals surface area contributed by atoms with Gasteiger partial charge < -0.3 is 14.9 Å². The van der Waals surface area contributed by atoms with Crippen molar-refractivity contribution in [3.63, 3.8) is 0 Å². The van der Waals surface area contributed by atoms with Crippen LogP contribution in [0, 0.1) is 0 Å². The molecule has 46 valence electrons. The van der Waals surface area contributed by atoms with Gasteiger partial charge in [0, 0.05) is 6.42 Å². The van der Waals surface area contributed by atoms with Crippen LogP contribution in [-0.4, -0.2) is 34.6 Å². The van der Waals surface area contributed by atoms with Crippen LogP contribution in [0.1, 0.15) is 6.42 Å². The van der Waals surface area contributed by atoms with Crippen LogP contribution in [-0.2, 0) is 4.74 Å². The van der Waals surface area contributed by atoms with Gasteiger partial charge in [-0.2, -0.15) is 0 Å². The second kappa shape index (κ2) is 1.23. The lowest BCUT2D eigenvalue weighted by Crippen LogP contribution is -2.25. The van der Waals surface area contributed by atoms with Gasteiger partial charge in [0.15, 0.2) is 0 Å². The number of hydrogen-bond donors (Lipinski definition) is 2. The van der Waals surface area contributed by atoms with Crippen LogP contribution >= 0.6 is 0 Å². The van der Waals surface area contributed by atoms with Crippen molar-refractivity contribution >= 4 is 0 Å². The number of ether oxygens (including phenoxy) is 1. The SMILES string of the molecule is O[C@H]1[C@H]2O[C@@H]2C[C@@H]1O. The van der Waals surface area contributed by atoms with Crippen LogP contribution in [0.2, 0.25) is 0 Å². The Balaban J connectivity index is 2.08. The predicted octanol–water partition coefficient (Wildman–Crippen LogP) is -1.12. The van der Waals surface area contributed by atoms with Gasteiger partial charge >= 0.3 is 0 Å². The lowest BCUT2D eigenvalue weighted by Gasteiger charge is -2.07. The van der Waals surface area contributed by atoms with Gasteiger partial charge in [-0.15, -0.1) is 0 Å². The molecule has 2 rings (SSSR count). The molecule has 2 fully saturated rings. The van der Waals surface area contributed by atoms with E-state index in [1.165, 1.54) is 0 Å². The second-order valence-electron chi connectivity index (χ2n) is 2.43. The molecular formula is C5H8O3. The van der Waals surface area contributed by atoms with Crippen molar-refractivity contribution < 1.29 is 14.9 Å². The molecule has 1 aliphatic heterocycles. The zero-order chi connectivity index (χ0) is 5.72. The van der Waals surface area contributed by atoms with E-state index in [1.54, 1.807) is 0 Å². The first kappa shape index (κ1) is 4.73. The molecule has 0 unspecified atom stereocenters. The Morgan fingerprint density at radius 3 is 2.38 bits per heavy atom. The fourth-order valence-corrected chi connectivity index (χ4v) is 1.24. The molecule has 8 heavy (non-hydrogen) atoms. The zero-order valence-electron chi connectivity index (χ0n) is 4.32. The molecule has 0 aromatic heterocycles. The van der Waals surface area contributed by atoms with Crippen molar-refractivity contribution in [2.45, 2.75) is 30.8 Å². The maximum Gasteiger partial charge on any atom is 0.113 e. The Bertz CT molecular complexity index is 112. The molecule has 3 nitrogen and oxygen atoms in total. The van der Waals surface area contributed by atoms with Gasteiger partial charge in [0.05, 0.1) is 12.2 Å². The van der Waals surface area contributed by atoms with E-state index in [1.807, 2.05) is 0 Å². The van der Waals surface area contributed by atoms with E-state index in [0.29, 0.717) is 6.42 Å². The number of rotatable bonds is 0. The summed E-state index contributed by atoms with van der Waals surface area (Å²) >= 11 is 0. The fraction of sp³-hybridized carbons (Fsp3) is 1.00. The first-order chi connectivity index (χ1) is 3.79. The summed E-state index contributed by atoms with van der Waals surface area (Å²) in [6, 6.07) is 0. The molecule has 1 saturated heterocycles. The molecule has 1 heterocycles. The Morgan fingerprint density at radius 1 is 1.38 bits per heavy atom. The minimum atomic E-state index is -0.611. The highest BCUT2D eigenvalue weighted by molar-refractivity contribution is 5.02. The van der Waals surface area contributed by atoms with Crippen LogP contribution in [0.15, 0.2) is 0 Å². The van der Waals surface area contributed by atoms with Crippen molar-refractivity contribution in [1.29, 1.82) is 0 Å². The smallest absolute Gasteiger partial charge is 0.113 e. The largest absolute Gasteiger partial charge is 0.390 e. The summed E-state index contributed by atoms with van der Waals surface area (Å²) in [5, 5.41) is 17.8. The standard InChI is InChI=1S/C5H8O3/c6-2-1-3-5(8-3)4(2)7/h2-7H,1H2/t2-,3+,4+,5-/m0/s1. The maximum atomic E-state index is 8.93. The molecule has 0 spiro atoms. The third-order valence-corrected chi connectivity index (χ3v) is 1.83. The number of hydrogen-bond acceptors (Lipinski definition) is 3. The van der Waals surface area contributed by atoms with Crippen molar-refractivity contribution in [3.8, 4) is 0 Å². The molecule has 2 aliphatic rings. The highest BCUT2D eigenvalue weighted by Crippen LogP contribution is 2.38. The maximum absolute atomic E-state index is 8.93. The topological polar surface area (TPSA) is 53.0 Å². The molecule has 2 N–H and O–H groups in total. The van der Waals surface area contributed by atoms with E-state index < -0.39 is 12.2 Å². The Kier molecular flexibility index (Phi) is 0.730. The van der Waals surface area contributed by atoms with Gasteiger partial charge in [-0.3, -0.25) is 0 Å². The fourth-order valence-electron chi connectivity index (χ4n) is 1.24. The minimum absolute atomic E-state index is 0.0370. The minimum Gasteiger partial charge on any atom is -0.390 e. The molecular weight excluding hydrogens is 108 g/mol. The molecule has 0 radical (unpaired) electrons. The zero-order valence-corrected chi connectivity index (χ0v) is 4.32. The summed E-state index contributed by atoms with van der Waals surface area (Å²) < 4.78 is 4.93. The summed E-state index contributed by atoms with van der Waals surface area (Å²) in [5.41, 5.74) is 0. The molecule has 4 atom stereocenters. The summed E-state index contributed by atoms with van der Waals surface area (Å²) in [5.74, 6) is 0. The molecule has 0 amide bonds. The first-order valence-corrected chi connectivity index (χ1v) is 2.80. The van der Waals surface area contributed by atoms with E-state index in [2.05, 4.69) is 0 Å². The molecule has 0 aromatic rings. The monoisotopic (exact) mass is 116 g/mol. The van der Waals surface area contributed by atoms with Crippen LogP contribution in [0.5, 0.6) is 0 Å². The molecule has 1 saturated carbocycles. The second-order valence-corrected chi connectivity index (χ2v) is 2.43. The van der Waals surface area contributed by atoms with E-state index in [-0.39, 0.29) is 12.2 Å². The van der Waals surface area contributed by atoms with Crippen molar-refractivity contribution in [1.82, 2.24) is 0 Å². The quantitative estimate of drug-likeness (QED) is 0.394. The average molecular weight is 116 g/mol. The van der Waals surface area contributed by atoms with E-state index in [4.69, 9.17) is 14.9 Å². The van der Waals surface area contributed by atoms with Crippen molar-refractivity contribution in [3.05, 3.63) is 0 Å². The first-order valence-electron chi connectivity index (χ1n) is 2.80. The van der Waals surface area contributed by atoms with Crippen LogP contribution in [0.25, 0.3) is 0 Å². The lowest BCUT2D eigenvalue weighted by atomic mass is 10.2. The van der Waals surface area contributed by atoms with Crippen LogP contribution in [0.4, 0.5) is 0 Å². The molecule has 0 bridgehead atoms. The Hall–Kier alpha value is -0.120. The summed E-state index contributed by atoms with van der Waals surface area (Å²) in [7, 11) is 0. The van der Waals surface area contributed by atoms with E-state index in [0.717, 1.165) is 0 Å². The molecule has 3 heteroatoms. The van der Waals surface area contributed by atoms with Gasteiger partial charge in [-0.25, -0.2) is 0 Å². The highest BCUT2D eigenvalue weighted by Gasteiger charge is 2.54. The summed E-state index contributed by atoms with van der Waals surface area (Å²) in [6.07, 6.45) is -0.394. The number of aliphatic hydroxyl groups is 2. The summed E-state index contributed by atoms with van der Waals surface area (Å²) in [6.45, 7) is 0. The number of aliphatic hydroxyl groups excluding tert-OH is 2. The highest BCUT2D eigenvalue weighted by atomic mass is 16.6. The Morgan fingerprint density at radius 2 is 2.12 bits per heavy atom. The molecule has 1 aliphatic carbocycles. The van der Waals surface area contributed by atoms with Gasteiger partial charge in [0.25, 0.3) is 0 Å². The van der Waals surface area contributed by atoms with Gasteiger partial charge in [0.2, 0.25) is 0 Å². The lowest BCUT2D eigenvalue weighted by molar-refractivity contribution is -0.000732. The van der Waals surface area contributed by atoms with Crippen molar-refractivity contribution in [2.75, 3.05) is 0 Å². The number of fused-ring (bicyclic) bond motifs is 1.